The van der Waals surface area contributed by atoms with Gasteiger partial charge < -0.3 is 5.32 Å². The quantitative estimate of drug-likeness (QED) is 0.525. The summed E-state index contributed by atoms with van der Waals surface area (Å²) in [7, 11) is -0.624. The van der Waals surface area contributed by atoms with Crippen LogP contribution in [0, 0.1) is 6.92 Å². The maximum atomic E-state index is 12.7. The molecule has 2 aromatic carbocycles. The van der Waals surface area contributed by atoms with Crippen molar-refractivity contribution in [2.24, 2.45) is 0 Å². The third-order valence-electron chi connectivity index (χ3n) is 4.44. The zero-order valence-corrected chi connectivity index (χ0v) is 19.6. The second-order valence-corrected chi connectivity index (χ2v) is 11.5. The molecule has 3 rings (SSSR count). The Hall–Kier alpha value is -2.20. The molecule has 30 heavy (non-hydrogen) atoms. The Morgan fingerprint density at radius 2 is 1.87 bits per heavy atom. The first-order chi connectivity index (χ1) is 14.2. The highest BCUT2D eigenvalue weighted by Crippen LogP contribution is 2.31. The Morgan fingerprint density at radius 1 is 1.17 bits per heavy atom. The van der Waals surface area contributed by atoms with Gasteiger partial charge in [0.05, 0.1) is 15.8 Å². The molecule has 1 heterocycles. The number of anilines is 1. The number of nitrogens with zero attached hydrogens (tertiary/aromatic N) is 2. The Balaban J connectivity index is 1.71. The number of sulfonamides is 1. The van der Waals surface area contributed by atoms with Crippen molar-refractivity contribution in [1.29, 1.82) is 0 Å². The van der Waals surface area contributed by atoms with E-state index >= 15 is 0 Å². The number of nitrogens with one attached hydrogen (secondary N) is 1. The van der Waals surface area contributed by atoms with Crippen LogP contribution in [0.5, 0.6) is 0 Å². The van der Waals surface area contributed by atoms with Gasteiger partial charge in [0, 0.05) is 30.7 Å². The van der Waals surface area contributed by atoms with E-state index in [9.17, 15) is 13.2 Å². The molecular formula is C21H23N3O3S3. The predicted octanol–water partition coefficient (Wildman–Crippen LogP) is 4.49. The van der Waals surface area contributed by atoms with Crippen molar-refractivity contribution in [2.45, 2.75) is 28.3 Å². The van der Waals surface area contributed by atoms with E-state index in [1.165, 1.54) is 43.3 Å². The Bertz CT molecular complexity index is 1140. The van der Waals surface area contributed by atoms with Gasteiger partial charge in [-0.15, -0.1) is 11.3 Å². The zero-order chi connectivity index (χ0) is 21.9. The minimum atomic E-state index is -3.58. The molecule has 0 unspecified atom stereocenters. The zero-order valence-electron chi connectivity index (χ0n) is 17.1. The van der Waals surface area contributed by atoms with Crippen LogP contribution in [-0.2, 0) is 14.8 Å². The van der Waals surface area contributed by atoms with Gasteiger partial charge >= 0.3 is 0 Å². The minimum absolute atomic E-state index is 0.140. The average molecular weight is 462 g/mol. The maximum absolute atomic E-state index is 12.7. The molecule has 0 aliphatic heterocycles. The third-order valence-corrected chi connectivity index (χ3v) is 8.33. The van der Waals surface area contributed by atoms with Crippen LogP contribution in [0.2, 0.25) is 0 Å². The topological polar surface area (TPSA) is 79.4 Å². The number of aromatic nitrogens is 1. The predicted molar refractivity (Wildman–Crippen MR) is 124 cm³/mol. The summed E-state index contributed by atoms with van der Waals surface area (Å²) in [5.74, 6) is -0.209. The largest absolute Gasteiger partial charge is 0.325 e. The summed E-state index contributed by atoms with van der Waals surface area (Å²) in [4.78, 5) is 17.5. The molecule has 0 aliphatic rings. The highest BCUT2D eigenvalue weighted by Gasteiger charge is 2.21. The molecule has 0 aliphatic carbocycles. The van der Waals surface area contributed by atoms with Crippen molar-refractivity contribution in [1.82, 2.24) is 9.29 Å². The van der Waals surface area contributed by atoms with Crippen LogP contribution in [0.1, 0.15) is 12.5 Å². The minimum Gasteiger partial charge on any atom is -0.325 e. The summed E-state index contributed by atoms with van der Waals surface area (Å²) in [6, 6.07) is 14.6. The van der Waals surface area contributed by atoms with Crippen LogP contribution in [0.25, 0.3) is 11.3 Å². The van der Waals surface area contributed by atoms with Gasteiger partial charge in [0.25, 0.3) is 0 Å². The summed E-state index contributed by atoms with van der Waals surface area (Å²) in [5, 5.41) is 4.43. The summed E-state index contributed by atoms with van der Waals surface area (Å²) < 4.78 is 26.7. The molecule has 1 N–H and O–H groups in total. The van der Waals surface area contributed by atoms with Gasteiger partial charge in [-0.25, -0.2) is 17.7 Å². The second-order valence-electron chi connectivity index (χ2n) is 6.88. The molecule has 1 aromatic heterocycles. The van der Waals surface area contributed by atoms with Gasteiger partial charge in [-0.2, -0.15) is 0 Å². The van der Waals surface area contributed by atoms with E-state index in [1.54, 1.807) is 19.1 Å². The third kappa shape index (κ3) is 5.10. The molecule has 9 heteroatoms. The number of aryl methyl sites for hydroxylation is 1. The molecule has 0 fully saturated rings. The van der Waals surface area contributed by atoms with E-state index in [0.717, 1.165) is 25.5 Å². The summed E-state index contributed by atoms with van der Waals surface area (Å²) in [5.41, 5.74) is 3.19. The van der Waals surface area contributed by atoms with Crippen molar-refractivity contribution in [3.8, 4) is 11.3 Å². The second kappa shape index (κ2) is 9.30. The molecule has 3 aromatic rings. The molecule has 0 spiro atoms. The van der Waals surface area contributed by atoms with Gasteiger partial charge in [-0.05, 0) is 31.5 Å². The van der Waals surface area contributed by atoms with Crippen molar-refractivity contribution in [3.63, 3.8) is 0 Å². The Kier molecular flexibility index (Phi) is 6.97. The van der Waals surface area contributed by atoms with Crippen LogP contribution in [0.15, 0.2) is 63.1 Å². The van der Waals surface area contributed by atoms with E-state index in [4.69, 9.17) is 0 Å². The van der Waals surface area contributed by atoms with Crippen LogP contribution >= 0.6 is 23.1 Å². The van der Waals surface area contributed by atoms with E-state index in [-0.39, 0.29) is 10.8 Å². The lowest BCUT2D eigenvalue weighted by Gasteiger charge is -2.16. The number of carbonyl (C=O) groups excluding carboxylic acids is 1. The Labute approximate surface area is 185 Å². The molecule has 0 bridgehead atoms. The molecule has 6 nitrogen and oxygen atoms in total. The van der Waals surface area contributed by atoms with Gasteiger partial charge in [-0.3, -0.25) is 4.79 Å². The monoisotopic (exact) mass is 461 g/mol. The molecule has 1 amide bonds. The smallest absolute Gasteiger partial charge is 0.242 e. The fraction of sp³-hybridized carbons (Fsp3) is 0.238. The standard InChI is InChI=1S/C21H23N3O3S3/c1-14-10-11-17(30(26,27)24(3)4)12-18(14)22-20(25)15(2)29-21-23-19(13-28-21)16-8-6-5-7-9-16/h5-13,15H,1-4H3,(H,22,25)/t15-/m1/s1. The first-order valence-electron chi connectivity index (χ1n) is 9.20. The fourth-order valence-electron chi connectivity index (χ4n) is 2.60. The lowest BCUT2D eigenvalue weighted by atomic mass is 10.2. The number of thiazole rings is 1. The molecule has 0 saturated heterocycles. The maximum Gasteiger partial charge on any atom is 0.242 e. The highest BCUT2D eigenvalue weighted by molar-refractivity contribution is 8.02. The Morgan fingerprint density at radius 3 is 2.53 bits per heavy atom. The van der Waals surface area contributed by atoms with Gasteiger partial charge in [0.15, 0.2) is 4.34 Å². The van der Waals surface area contributed by atoms with Crippen molar-refractivity contribution < 1.29 is 13.2 Å². The van der Waals surface area contributed by atoms with Crippen LogP contribution in [0.4, 0.5) is 5.69 Å². The van der Waals surface area contributed by atoms with E-state index in [0.29, 0.717) is 5.69 Å². The lowest BCUT2D eigenvalue weighted by molar-refractivity contribution is -0.115. The van der Waals surface area contributed by atoms with Crippen LogP contribution in [-0.4, -0.2) is 43.0 Å². The molecular weight excluding hydrogens is 438 g/mol. The number of benzene rings is 2. The van der Waals surface area contributed by atoms with E-state index in [2.05, 4.69) is 10.3 Å². The first kappa shape index (κ1) is 22.5. The van der Waals surface area contributed by atoms with Crippen molar-refractivity contribution in [2.75, 3.05) is 19.4 Å². The number of amides is 1. The molecule has 0 saturated carbocycles. The number of hydrogen-bond donors (Lipinski definition) is 1. The SMILES string of the molecule is Cc1ccc(S(=O)(=O)N(C)C)cc1NC(=O)[C@@H](C)Sc1nc(-c2ccccc2)cs1. The van der Waals surface area contributed by atoms with Gasteiger partial charge in [0.2, 0.25) is 15.9 Å². The normalized spacial score (nSPS) is 12.7. The van der Waals surface area contributed by atoms with Crippen LogP contribution < -0.4 is 5.32 Å². The number of thioether (sulfide) groups is 1. The van der Waals surface area contributed by atoms with Crippen molar-refractivity contribution >= 4 is 44.7 Å². The fourth-order valence-corrected chi connectivity index (χ4v) is 5.50. The molecule has 1 atom stereocenters. The number of carbonyl (C=O) groups is 1. The van der Waals surface area contributed by atoms with Crippen molar-refractivity contribution in [3.05, 3.63) is 59.5 Å². The van der Waals surface area contributed by atoms with E-state index in [1.807, 2.05) is 42.6 Å². The average Bonchev–Trinajstić information content (AvgIpc) is 3.18. The summed E-state index contributed by atoms with van der Waals surface area (Å²) >= 11 is 2.87. The molecule has 0 radical (unpaired) electrons. The summed E-state index contributed by atoms with van der Waals surface area (Å²) in [6.07, 6.45) is 0. The molecule has 158 valence electrons. The van der Waals surface area contributed by atoms with Gasteiger partial charge in [-0.1, -0.05) is 48.2 Å². The number of hydrogen-bond acceptors (Lipinski definition) is 6. The summed E-state index contributed by atoms with van der Waals surface area (Å²) in [6.45, 7) is 3.63. The van der Waals surface area contributed by atoms with Gasteiger partial charge in [0.1, 0.15) is 0 Å². The first-order valence-corrected chi connectivity index (χ1v) is 12.4. The van der Waals surface area contributed by atoms with E-state index < -0.39 is 15.3 Å². The number of rotatable bonds is 7. The highest BCUT2D eigenvalue weighted by atomic mass is 32.2. The van der Waals surface area contributed by atoms with Crippen LogP contribution in [0.3, 0.4) is 0 Å². The lowest BCUT2D eigenvalue weighted by Crippen LogP contribution is -2.24.